The van der Waals surface area contributed by atoms with E-state index >= 15 is 0 Å². The summed E-state index contributed by atoms with van der Waals surface area (Å²) in [6.07, 6.45) is 0. The molecule has 4 rings (SSSR count). The Morgan fingerprint density at radius 3 is 1.39 bits per heavy atom. The summed E-state index contributed by atoms with van der Waals surface area (Å²) < 4.78 is 17.3. The van der Waals surface area contributed by atoms with Gasteiger partial charge in [0.2, 0.25) is 0 Å². The molecule has 210 valence electrons. The Kier molecular flexibility index (Phi) is 12.5. The van der Waals surface area contributed by atoms with E-state index in [1.54, 1.807) is 15.0 Å². The van der Waals surface area contributed by atoms with Gasteiger partial charge in [-0.25, -0.2) is 0 Å². The summed E-state index contributed by atoms with van der Waals surface area (Å²) in [7, 11) is 3.55. The smallest absolute Gasteiger partial charge is 0.330 e. The maximum absolute atomic E-state index is 6.07. The van der Waals surface area contributed by atoms with Crippen LogP contribution in [0.15, 0.2) is 84.9 Å². The Hall–Kier alpha value is -2.93. The number of aryl methyl sites for hydroxylation is 2. The Balaban J connectivity index is 1.06. The molecule has 41 heavy (non-hydrogen) atoms. The van der Waals surface area contributed by atoms with E-state index in [2.05, 4.69) is 34.9 Å². The molecule has 0 aliphatic heterocycles. The second-order valence-corrected chi connectivity index (χ2v) is 10.5. The van der Waals surface area contributed by atoms with Crippen molar-refractivity contribution in [1.29, 1.82) is 0 Å². The molecule has 2 N–H and O–H groups in total. The number of hydrogen-bond donors (Lipinski definition) is 2. The standard InChI is InChI=1S/C32H34B2Cl2N2O3/c1-23-19-29(11-13-31(23)35)37-15-17-40-33-27-7-3-25(4-8-27)21-39-22-26-5-9-28(10-6-26)34-41-18-16-38-30-12-14-32(36)24(2)20-30/h3-14,19-20,37-38H,15-18,21-22H2,1-2H3. The highest BCUT2D eigenvalue weighted by Gasteiger charge is 2.03. The van der Waals surface area contributed by atoms with Crippen LogP contribution in [0.5, 0.6) is 0 Å². The molecule has 0 aliphatic rings. The molecular weight excluding hydrogens is 553 g/mol. The maximum atomic E-state index is 6.07. The lowest BCUT2D eigenvalue weighted by Gasteiger charge is -2.09. The zero-order chi connectivity index (χ0) is 28.9. The third kappa shape index (κ3) is 10.8. The molecule has 4 aromatic carbocycles. The second-order valence-electron chi connectivity index (χ2n) is 9.73. The molecular formula is C32H34B2Cl2N2O3. The highest BCUT2D eigenvalue weighted by atomic mass is 35.5. The minimum atomic E-state index is 0.544. The lowest BCUT2D eigenvalue weighted by atomic mass is 9.87. The summed E-state index contributed by atoms with van der Waals surface area (Å²) in [6.45, 7) is 7.62. The molecule has 0 spiro atoms. The Labute approximate surface area is 255 Å². The molecule has 0 unspecified atom stereocenters. The van der Waals surface area contributed by atoms with Crippen LogP contribution in [-0.2, 0) is 27.3 Å². The van der Waals surface area contributed by atoms with E-state index < -0.39 is 0 Å². The van der Waals surface area contributed by atoms with Gasteiger partial charge in [-0.05, 0) is 72.5 Å². The fourth-order valence-corrected chi connectivity index (χ4v) is 4.23. The predicted molar refractivity (Wildman–Crippen MR) is 173 cm³/mol. The van der Waals surface area contributed by atoms with Crippen LogP contribution in [0.2, 0.25) is 10.0 Å². The average Bonchev–Trinajstić information content (AvgIpc) is 2.98. The Morgan fingerprint density at radius 1 is 0.585 bits per heavy atom. The topological polar surface area (TPSA) is 51.8 Å². The van der Waals surface area contributed by atoms with Gasteiger partial charge in [0, 0.05) is 47.7 Å². The van der Waals surface area contributed by atoms with Crippen LogP contribution < -0.4 is 21.6 Å². The molecule has 0 fully saturated rings. The van der Waals surface area contributed by atoms with Crippen LogP contribution in [0, 0.1) is 13.8 Å². The van der Waals surface area contributed by atoms with Crippen molar-refractivity contribution in [3.8, 4) is 0 Å². The number of nitrogens with one attached hydrogen (secondary N) is 2. The molecule has 5 nitrogen and oxygen atoms in total. The predicted octanol–water partition coefficient (Wildman–Crippen LogP) is 6.07. The van der Waals surface area contributed by atoms with Crippen LogP contribution in [0.1, 0.15) is 22.3 Å². The van der Waals surface area contributed by atoms with Crippen molar-refractivity contribution in [1.82, 2.24) is 0 Å². The third-order valence-corrected chi connectivity index (χ3v) is 7.20. The lowest BCUT2D eigenvalue weighted by molar-refractivity contribution is 0.107. The van der Waals surface area contributed by atoms with E-state index in [4.69, 9.17) is 37.2 Å². The van der Waals surface area contributed by atoms with Crippen LogP contribution >= 0.6 is 23.2 Å². The summed E-state index contributed by atoms with van der Waals surface area (Å²) in [6, 6.07) is 28.2. The summed E-state index contributed by atoms with van der Waals surface area (Å²) >= 11 is 12.1. The van der Waals surface area contributed by atoms with Gasteiger partial charge in [0.25, 0.3) is 0 Å². The van der Waals surface area contributed by atoms with Crippen LogP contribution in [0.4, 0.5) is 11.4 Å². The number of rotatable bonds is 16. The van der Waals surface area contributed by atoms with Gasteiger partial charge < -0.3 is 24.7 Å². The number of anilines is 2. The lowest BCUT2D eigenvalue weighted by Crippen LogP contribution is -2.21. The van der Waals surface area contributed by atoms with Crippen molar-refractivity contribution < 1.29 is 14.0 Å². The van der Waals surface area contributed by atoms with Crippen LogP contribution in [-0.4, -0.2) is 41.3 Å². The second kappa shape index (κ2) is 16.5. The number of ether oxygens (including phenoxy) is 1. The van der Waals surface area contributed by atoms with E-state index in [9.17, 15) is 0 Å². The largest absolute Gasteiger partial charge is 0.432 e. The first-order chi connectivity index (χ1) is 20.0. The van der Waals surface area contributed by atoms with Crippen molar-refractivity contribution in [3.05, 3.63) is 117 Å². The minimum absolute atomic E-state index is 0.544. The molecule has 0 atom stereocenters. The molecule has 0 amide bonds. The number of benzene rings is 4. The summed E-state index contributed by atoms with van der Waals surface area (Å²) in [4.78, 5) is 0. The monoisotopic (exact) mass is 586 g/mol. The van der Waals surface area contributed by atoms with E-state index in [0.717, 1.165) is 54.6 Å². The SMILES string of the molecule is Cc1cc(NCCO[B]c2ccc(COCc3ccc([B]OCCNc4ccc(Cl)c(C)c4)cc3)cc2)ccc1Cl. The Bertz CT molecular complexity index is 1270. The summed E-state index contributed by atoms with van der Waals surface area (Å²) in [5.74, 6) is 0. The fraction of sp³-hybridized carbons (Fsp3) is 0.250. The van der Waals surface area contributed by atoms with Gasteiger partial charge in [-0.2, -0.15) is 0 Å². The first-order valence-corrected chi connectivity index (χ1v) is 14.4. The van der Waals surface area contributed by atoms with E-state index in [0.29, 0.717) is 39.5 Å². The van der Waals surface area contributed by atoms with E-state index in [-0.39, 0.29) is 0 Å². The first-order valence-electron chi connectivity index (χ1n) is 13.6. The van der Waals surface area contributed by atoms with Crippen molar-refractivity contribution in [2.75, 3.05) is 36.9 Å². The van der Waals surface area contributed by atoms with Gasteiger partial charge in [0.15, 0.2) is 0 Å². The van der Waals surface area contributed by atoms with Crippen molar-refractivity contribution in [2.24, 2.45) is 0 Å². The van der Waals surface area contributed by atoms with E-state index in [1.807, 2.05) is 74.5 Å². The maximum Gasteiger partial charge on any atom is 0.330 e. The number of halogens is 2. The van der Waals surface area contributed by atoms with Gasteiger partial charge in [-0.1, -0.05) is 82.7 Å². The zero-order valence-electron chi connectivity index (χ0n) is 23.5. The first kappa shape index (κ1) is 31.0. The van der Waals surface area contributed by atoms with Crippen molar-refractivity contribution in [3.63, 3.8) is 0 Å². The van der Waals surface area contributed by atoms with E-state index in [1.165, 1.54) is 0 Å². The highest BCUT2D eigenvalue weighted by Crippen LogP contribution is 2.20. The average molecular weight is 587 g/mol. The summed E-state index contributed by atoms with van der Waals surface area (Å²) in [5.41, 5.74) is 8.43. The molecule has 9 heteroatoms. The fourth-order valence-electron chi connectivity index (χ4n) is 4.00. The molecule has 0 bridgehead atoms. The van der Waals surface area contributed by atoms with Gasteiger partial charge in [-0.3, -0.25) is 0 Å². The molecule has 0 heterocycles. The zero-order valence-corrected chi connectivity index (χ0v) is 25.0. The quantitative estimate of drug-likeness (QED) is 0.123. The van der Waals surface area contributed by atoms with Crippen molar-refractivity contribution in [2.45, 2.75) is 27.1 Å². The summed E-state index contributed by atoms with van der Waals surface area (Å²) in [5, 5.41) is 8.22. The molecule has 0 saturated heterocycles. The highest BCUT2D eigenvalue weighted by molar-refractivity contribution is 6.47. The molecule has 4 aromatic rings. The van der Waals surface area contributed by atoms with Gasteiger partial charge in [0.1, 0.15) is 0 Å². The van der Waals surface area contributed by atoms with Crippen LogP contribution in [0.3, 0.4) is 0 Å². The third-order valence-electron chi connectivity index (χ3n) is 6.35. The molecule has 0 saturated carbocycles. The van der Waals surface area contributed by atoms with Gasteiger partial charge in [-0.15, -0.1) is 0 Å². The molecule has 0 aliphatic carbocycles. The minimum Gasteiger partial charge on any atom is -0.432 e. The molecule has 2 radical (unpaired) electrons. The number of hydrogen-bond acceptors (Lipinski definition) is 5. The molecule has 0 aromatic heterocycles. The Morgan fingerprint density at radius 2 is 1.00 bits per heavy atom. The van der Waals surface area contributed by atoms with Gasteiger partial charge >= 0.3 is 15.0 Å². The van der Waals surface area contributed by atoms with Crippen LogP contribution in [0.25, 0.3) is 0 Å². The van der Waals surface area contributed by atoms with Gasteiger partial charge in [0.05, 0.1) is 13.2 Å². The van der Waals surface area contributed by atoms with Crippen molar-refractivity contribution >= 4 is 60.5 Å². The normalized spacial score (nSPS) is 10.8.